The van der Waals surface area contributed by atoms with E-state index >= 15 is 0 Å². The van der Waals surface area contributed by atoms with Crippen LogP contribution in [0.1, 0.15) is 11.8 Å². The van der Waals surface area contributed by atoms with Gasteiger partial charge in [-0.1, -0.05) is 127 Å². The molecule has 1 aliphatic heterocycles. The summed E-state index contributed by atoms with van der Waals surface area (Å²) < 4.78 is 15.8. The van der Waals surface area contributed by atoms with Gasteiger partial charge in [-0.3, -0.25) is 0 Å². The van der Waals surface area contributed by atoms with Crippen LogP contribution in [0.2, 0.25) is 0 Å². The molecule has 0 aliphatic carbocycles. The molecule has 2 aromatic heterocycles. The lowest BCUT2D eigenvalue weighted by Gasteiger charge is -2.18. The van der Waals surface area contributed by atoms with Crippen molar-refractivity contribution in [2.75, 3.05) is 5.32 Å². The van der Waals surface area contributed by atoms with Crippen molar-refractivity contribution in [3.8, 4) is 22.6 Å². The molecule has 0 spiro atoms. The number of hydrogen-bond acceptors (Lipinski definition) is 3. The number of fused-ring (bicyclic) bond motifs is 11. The van der Waals surface area contributed by atoms with Crippen molar-refractivity contribution >= 4 is 71.0 Å². The number of para-hydroxylation sites is 2. The highest BCUT2D eigenvalue weighted by Gasteiger charge is 2.30. The fourth-order valence-electron chi connectivity index (χ4n) is 8.10. The monoisotopic (exact) mass is 628 g/mol. The molecule has 0 saturated heterocycles. The maximum atomic E-state index is 6.87. The zero-order valence-corrected chi connectivity index (χ0v) is 26.4. The molecule has 1 N–H and O–H groups in total. The quantitative estimate of drug-likeness (QED) is 0.212. The lowest BCUT2D eigenvalue weighted by molar-refractivity contribution is 0.264. The fraction of sp³-hybridized carbons (Fsp3) is 0.0222. The summed E-state index contributed by atoms with van der Waals surface area (Å²) >= 11 is 0. The summed E-state index contributed by atoms with van der Waals surface area (Å²) in [5.74, 6) is 0.828. The van der Waals surface area contributed by atoms with Crippen LogP contribution < -0.4 is 10.1 Å². The molecule has 11 rings (SSSR count). The zero-order chi connectivity index (χ0) is 32.1. The third kappa shape index (κ3) is 3.74. The van der Waals surface area contributed by atoms with Gasteiger partial charge in [0.1, 0.15) is 11.2 Å². The van der Waals surface area contributed by atoms with Gasteiger partial charge in [0.2, 0.25) is 0 Å². The van der Waals surface area contributed by atoms with Gasteiger partial charge in [0.15, 0.2) is 12.0 Å². The minimum atomic E-state index is -0.357. The molecule has 0 saturated carbocycles. The summed E-state index contributed by atoms with van der Waals surface area (Å²) in [6.45, 7) is 0. The van der Waals surface area contributed by atoms with Gasteiger partial charge in [-0.05, 0) is 52.1 Å². The summed E-state index contributed by atoms with van der Waals surface area (Å²) in [6.07, 6.45) is -0.357. The summed E-state index contributed by atoms with van der Waals surface area (Å²) in [4.78, 5) is 0. The van der Waals surface area contributed by atoms with Gasteiger partial charge in [-0.15, -0.1) is 0 Å². The Balaban J connectivity index is 1.07. The first-order valence-electron chi connectivity index (χ1n) is 16.7. The predicted molar refractivity (Wildman–Crippen MR) is 202 cm³/mol. The molecule has 230 valence electrons. The Kier molecular flexibility index (Phi) is 5.41. The van der Waals surface area contributed by atoms with Crippen molar-refractivity contribution in [2.45, 2.75) is 6.23 Å². The van der Waals surface area contributed by atoms with Gasteiger partial charge in [-0.25, -0.2) is 0 Å². The number of furan rings is 1. The lowest BCUT2D eigenvalue weighted by Crippen LogP contribution is -2.11. The average Bonchev–Trinajstić information content (AvgIpc) is 3.86. The Morgan fingerprint density at radius 1 is 0.510 bits per heavy atom. The van der Waals surface area contributed by atoms with E-state index in [4.69, 9.17) is 9.15 Å². The van der Waals surface area contributed by atoms with E-state index in [-0.39, 0.29) is 6.23 Å². The molecule has 1 unspecified atom stereocenters. The molecule has 3 heterocycles. The average molecular weight is 629 g/mol. The Hall–Kier alpha value is -6.52. The molecule has 4 heteroatoms. The van der Waals surface area contributed by atoms with Gasteiger partial charge in [0, 0.05) is 32.7 Å². The summed E-state index contributed by atoms with van der Waals surface area (Å²) in [5, 5.41) is 13.1. The van der Waals surface area contributed by atoms with Crippen molar-refractivity contribution < 1.29 is 9.15 Å². The maximum absolute atomic E-state index is 6.87. The van der Waals surface area contributed by atoms with Crippen molar-refractivity contribution in [2.24, 2.45) is 0 Å². The number of aromatic nitrogens is 1. The Labute approximate surface area is 281 Å². The minimum absolute atomic E-state index is 0.357. The van der Waals surface area contributed by atoms with E-state index in [0.29, 0.717) is 0 Å². The van der Waals surface area contributed by atoms with E-state index in [9.17, 15) is 0 Å². The normalized spacial score (nSPS) is 14.2. The predicted octanol–water partition coefficient (Wildman–Crippen LogP) is 12.2. The van der Waals surface area contributed by atoms with E-state index in [1.807, 2.05) is 6.07 Å². The van der Waals surface area contributed by atoms with Gasteiger partial charge in [0.25, 0.3) is 0 Å². The van der Waals surface area contributed by atoms with Crippen LogP contribution >= 0.6 is 0 Å². The van der Waals surface area contributed by atoms with Crippen LogP contribution in [-0.2, 0) is 0 Å². The highest BCUT2D eigenvalue weighted by atomic mass is 16.5. The number of nitrogens with zero attached hydrogens (tertiary/aromatic N) is 1. The molecule has 10 aromatic rings. The third-order valence-corrected chi connectivity index (χ3v) is 10.2. The molecule has 4 nitrogen and oxygen atoms in total. The third-order valence-electron chi connectivity index (χ3n) is 10.2. The van der Waals surface area contributed by atoms with Crippen LogP contribution in [0.25, 0.3) is 82.1 Å². The highest BCUT2D eigenvalue weighted by molar-refractivity contribution is 6.22. The molecule has 49 heavy (non-hydrogen) atoms. The van der Waals surface area contributed by atoms with Crippen molar-refractivity contribution in [1.82, 2.24) is 4.57 Å². The van der Waals surface area contributed by atoms with Crippen LogP contribution in [0.5, 0.6) is 5.75 Å². The largest absolute Gasteiger partial charge is 0.463 e. The number of rotatable bonds is 3. The zero-order valence-electron chi connectivity index (χ0n) is 26.4. The van der Waals surface area contributed by atoms with Crippen LogP contribution in [-0.4, -0.2) is 4.57 Å². The van der Waals surface area contributed by atoms with Crippen LogP contribution in [0.15, 0.2) is 162 Å². The molecular weight excluding hydrogens is 601 g/mol. The van der Waals surface area contributed by atoms with Crippen LogP contribution in [0.3, 0.4) is 0 Å². The van der Waals surface area contributed by atoms with Gasteiger partial charge >= 0.3 is 0 Å². The SMILES string of the molecule is c1ccc(-c2cccc3c2oc2ccc4c(c23)OC(c2ccc(-n3c5ccccc5c5c6ccccc6ccc53)c3ccccc23)N4)cc1. The topological polar surface area (TPSA) is 39.3 Å². The Morgan fingerprint density at radius 2 is 1.27 bits per heavy atom. The molecule has 1 atom stereocenters. The number of ether oxygens (including phenoxy) is 1. The first-order chi connectivity index (χ1) is 24.3. The van der Waals surface area contributed by atoms with Crippen molar-refractivity contribution in [3.05, 3.63) is 163 Å². The summed E-state index contributed by atoms with van der Waals surface area (Å²) in [5.41, 5.74) is 9.49. The first kappa shape index (κ1) is 26.5. The van der Waals surface area contributed by atoms with E-state index in [0.717, 1.165) is 61.1 Å². The second-order valence-corrected chi connectivity index (χ2v) is 12.9. The van der Waals surface area contributed by atoms with E-state index in [1.165, 1.54) is 38.0 Å². The second kappa shape index (κ2) is 9.99. The Morgan fingerprint density at radius 3 is 2.16 bits per heavy atom. The molecule has 0 fully saturated rings. The van der Waals surface area contributed by atoms with Crippen molar-refractivity contribution in [3.63, 3.8) is 0 Å². The molecule has 1 aliphatic rings. The fourth-order valence-corrected chi connectivity index (χ4v) is 8.10. The molecular formula is C45H28N2O2. The number of nitrogens with one attached hydrogen (secondary N) is 1. The lowest BCUT2D eigenvalue weighted by atomic mass is 10.0. The van der Waals surface area contributed by atoms with Gasteiger partial charge in [0.05, 0.1) is 27.8 Å². The van der Waals surface area contributed by atoms with Gasteiger partial charge in [-0.2, -0.15) is 0 Å². The Bertz CT molecular complexity index is 2950. The van der Waals surface area contributed by atoms with Gasteiger partial charge < -0.3 is 19.0 Å². The summed E-state index contributed by atoms with van der Waals surface area (Å²) in [6, 6.07) is 55.9. The van der Waals surface area contributed by atoms with E-state index in [2.05, 4.69) is 162 Å². The highest BCUT2D eigenvalue weighted by Crippen LogP contribution is 2.49. The molecule has 0 bridgehead atoms. The number of hydrogen-bond donors (Lipinski definition) is 1. The second-order valence-electron chi connectivity index (χ2n) is 12.9. The minimum Gasteiger partial charge on any atom is -0.463 e. The van der Waals surface area contributed by atoms with E-state index in [1.54, 1.807) is 0 Å². The smallest absolute Gasteiger partial charge is 0.197 e. The summed E-state index contributed by atoms with van der Waals surface area (Å²) in [7, 11) is 0. The van der Waals surface area contributed by atoms with Crippen LogP contribution in [0.4, 0.5) is 5.69 Å². The first-order valence-corrected chi connectivity index (χ1v) is 16.7. The van der Waals surface area contributed by atoms with Crippen LogP contribution in [0, 0.1) is 0 Å². The van der Waals surface area contributed by atoms with Crippen molar-refractivity contribution in [1.29, 1.82) is 0 Å². The number of benzene rings is 8. The van der Waals surface area contributed by atoms with E-state index < -0.39 is 0 Å². The number of anilines is 1. The molecule has 0 amide bonds. The maximum Gasteiger partial charge on any atom is 0.197 e. The molecule has 8 aromatic carbocycles. The molecule has 0 radical (unpaired) electrons. The standard InChI is InChI=1S/C45H28N2O2/c1-2-11-27(12-3-1)30-18-10-19-35-42-40(48-43(30)35)26-23-36-44(42)49-45(46-36)33-22-25-38(32-16-7-6-15-31(32)33)47-37-20-9-8-17-34(37)41-29-14-5-4-13-28(29)21-24-39(41)47/h1-26,45-46H.